The molecule has 27 heavy (non-hydrogen) atoms. The second-order valence-corrected chi connectivity index (χ2v) is 5.77. The molecule has 140 valence electrons. The minimum Gasteiger partial charge on any atom is -0.473 e. The van der Waals surface area contributed by atoms with Crippen LogP contribution in [0.1, 0.15) is 35.7 Å². The Hall–Kier alpha value is -3.42. The lowest BCUT2D eigenvalue weighted by atomic mass is 10.1. The molecule has 0 spiro atoms. The number of ether oxygens (including phenoxy) is 2. The summed E-state index contributed by atoms with van der Waals surface area (Å²) in [4.78, 5) is 40.5. The van der Waals surface area contributed by atoms with Gasteiger partial charge in [-0.3, -0.25) is 19.5 Å². The fourth-order valence-corrected chi connectivity index (χ4v) is 2.64. The van der Waals surface area contributed by atoms with Crippen molar-refractivity contribution in [3.8, 4) is 5.88 Å². The molecule has 0 fully saturated rings. The molecular formula is C19H19N3O5. The van der Waals surface area contributed by atoms with Crippen LogP contribution in [0.5, 0.6) is 5.88 Å². The molecule has 8 heteroatoms. The van der Waals surface area contributed by atoms with Crippen LogP contribution in [0.15, 0.2) is 47.5 Å². The molecule has 2 heterocycles. The van der Waals surface area contributed by atoms with Gasteiger partial charge >= 0.3 is 5.97 Å². The molecule has 0 saturated heterocycles. The Morgan fingerprint density at radius 3 is 2.70 bits per heavy atom. The summed E-state index contributed by atoms with van der Waals surface area (Å²) in [5.74, 6) is -0.697. The number of Topliss-reactive ketones (excluding diaryl/α,β-unsaturated/α-hetero) is 1. The van der Waals surface area contributed by atoms with Gasteiger partial charge in [0.1, 0.15) is 18.5 Å². The lowest BCUT2D eigenvalue weighted by Crippen LogP contribution is -2.19. The number of fused-ring (bicyclic) bond motifs is 1. The number of hydrogen-bond acceptors (Lipinski definition) is 6. The van der Waals surface area contributed by atoms with Crippen molar-refractivity contribution in [3.05, 3.63) is 64.1 Å². The molecule has 3 aromatic rings. The predicted octanol–water partition coefficient (Wildman–Crippen LogP) is 2.13. The molecule has 0 amide bonds. The third-order valence-corrected chi connectivity index (χ3v) is 3.90. The Kier molecular flexibility index (Phi) is 5.65. The number of carbonyl (C=O) groups excluding carboxylic acids is 2. The number of nitrogens with zero attached hydrogens (tertiary/aromatic N) is 2. The summed E-state index contributed by atoms with van der Waals surface area (Å²) < 4.78 is 12.0. The second kappa shape index (κ2) is 8.31. The van der Waals surface area contributed by atoms with E-state index in [2.05, 4.69) is 10.1 Å². The summed E-state index contributed by atoms with van der Waals surface area (Å²) in [6, 6.07) is 10.7. The lowest BCUT2D eigenvalue weighted by molar-refractivity contribution is -0.143. The van der Waals surface area contributed by atoms with Crippen LogP contribution < -0.4 is 10.2 Å². The topological polar surface area (TPSA) is 103 Å². The van der Waals surface area contributed by atoms with Crippen molar-refractivity contribution in [2.24, 2.45) is 0 Å². The van der Waals surface area contributed by atoms with Gasteiger partial charge in [-0.05, 0) is 12.5 Å². The molecular weight excluding hydrogens is 350 g/mol. The van der Waals surface area contributed by atoms with E-state index in [0.29, 0.717) is 0 Å². The highest BCUT2D eigenvalue weighted by Gasteiger charge is 2.20. The maximum absolute atomic E-state index is 12.5. The third-order valence-electron chi connectivity index (χ3n) is 3.90. The minimum absolute atomic E-state index is 0.0763. The number of hydrogen-bond donors (Lipinski definition) is 1. The van der Waals surface area contributed by atoms with Gasteiger partial charge in [0.05, 0.1) is 13.0 Å². The number of nitrogens with one attached hydrogen (secondary N) is 1. The van der Waals surface area contributed by atoms with Crippen molar-refractivity contribution in [2.75, 3.05) is 6.61 Å². The number of benzene rings is 1. The second-order valence-electron chi connectivity index (χ2n) is 5.77. The zero-order valence-electron chi connectivity index (χ0n) is 14.8. The van der Waals surface area contributed by atoms with E-state index in [4.69, 9.17) is 9.47 Å². The first-order chi connectivity index (χ1) is 13.1. The molecule has 0 atom stereocenters. The average Bonchev–Trinajstić information content (AvgIpc) is 3.15. The Balaban J connectivity index is 1.83. The number of aromatic nitrogens is 3. The molecule has 0 bridgehead atoms. The predicted molar refractivity (Wildman–Crippen MR) is 96.8 cm³/mol. The molecule has 8 nitrogen and oxygen atoms in total. The van der Waals surface area contributed by atoms with Crippen molar-refractivity contribution in [3.63, 3.8) is 0 Å². The van der Waals surface area contributed by atoms with Crippen molar-refractivity contribution in [1.82, 2.24) is 14.6 Å². The summed E-state index contributed by atoms with van der Waals surface area (Å²) in [6.45, 7) is 2.19. The van der Waals surface area contributed by atoms with Gasteiger partial charge in [0.15, 0.2) is 16.9 Å². The maximum atomic E-state index is 12.5. The highest BCUT2D eigenvalue weighted by atomic mass is 16.5. The van der Waals surface area contributed by atoms with E-state index >= 15 is 0 Å². The van der Waals surface area contributed by atoms with Crippen LogP contribution in [-0.4, -0.2) is 33.0 Å². The summed E-state index contributed by atoms with van der Waals surface area (Å²) in [5.41, 5.74) is 0.527. The Labute approximate surface area is 154 Å². The lowest BCUT2D eigenvalue weighted by Gasteiger charge is -2.09. The number of pyridine rings is 1. The zero-order valence-corrected chi connectivity index (χ0v) is 14.8. The van der Waals surface area contributed by atoms with Crippen molar-refractivity contribution < 1.29 is 19.1 Å². The molecule has 0 aliphatic rings. The first-order valence-corrected chi connectivity index (χ1v) is 8.55. The number of esters is 1. The van der Waals surface area contributed by atoms with Crippen LogP contribution in [0.2, 0.25) is 0 Å². The van der Waals surface area contributed by atoms with Crippen LogP contribution in [0.3, 0.4) is 0 Å². The van der Waals surface area contributed by atoms with Gasteiger partial charge < -0.3 is 9.47 Å². The van der Waals surface area contributed by atoms with Gasteiger partial charge in [-0.1, -0.05) is 30.3 Å². The van der Waals surface area contributed by atoms with Crippen LogP contribution in [0, 0.1) is 0 Å². The fourth-order valence-electron chi connectivity index (χ4n) is 2.64. The van der Waals surface area contributed by atoms with Gasteiger partial charge in [0, 0.05) is 12.5 Å². The van der Waals surface area contributed by atoms with Gasteiger partial charge in [0.2, 0.25) is 5.88 Å². The summed E-state index contributed by atoms with van der Waals surface area (Å²) in [5, 5.41) is 2.83. The van der Waals surface area contributed by atoms with E-state index in [1.54, 1.807) is 6.92 Å². The zero-order chi connectivity index (χ0) is 19.2. The fraction of sp³-hybridized carbons (Fsp3) is 0.263. The Bertz CT molecular complexity index is 1010. The van der Waals surface area contributed by atoms with Crippen molar-refractivity contribution >= 4 is 17.4 Å². The highest BCUT2D eigenvalue weighted by molar-refractivity contribution is 6.02. The number of rotatable bonds is 8. The summed E-state index contributed by atoms with van der Waals surface area (Å²) >= 11 is 0. The average molecular weight is 369 g/mol. The molecule has 1 N–H and O–H groups in total. The van der Waals surface area contributed by atoms with Gasteiger partial charge in [-0.15, -0.1) is 0 Å². The molecule has 0 unspecified atom stereocenters. The van der Waals surface area contributed by atoms with E-state index in [-0.39, 0.29) is 43.1 Å². The third kappa shape index (κ3) is 4.22. The molecule has 0 aliphatic carbocycles. The highest BCUT2D eigenvalue weighted by Crippen LogP contribution is 2.16. The number of ketones is 1. The van der Waals surface area contributed by atoms with E-state index in [1.807, 2.05) is 30.3 Å². The largest absolute Gasteiger partial charge is 0.473 e. The first-order valence-electron chi connectivity index (χ1n) is 8.55. The summed E-state index contributed by atoms with van der Waals surface area (Å²) in [6.07, 6.45) is 1.15. The van der Waals surface area contributed by atoms with E-state index in [9.17, 15) is 14.4 Å². The Morgan fingerprint density at radius 1 is 1.19 bits per heavy atom. The smallest absolute Gasteiger partial charge is 0.306 e. The minimum atomic E-state index is -0.501. The van der Waals surface area contributed by atoms with Crippen LogP contribution in [0.4, 0.5) is 0 Å². The van der Waals surface area contributed by atoms with Crippen molar-refractivity contribution in [1.29, 1.82) is 0 Å². The maximum Gasteiger partial charge on any atom is 0.306 e. The van der Waals surface area contributed by atoms with Crippen LogP contribution in [0.25, 0.3) is 5.65 Å². The summed E-state index contributed by atoms with van der Waals surface area (Å²) in [7, 11) is 0. The molecule has 0 saturated carbocycles. The standard InChI is InChI=1S/C19H19N3O5/c1-2-26-17(25)9-8-14(23)18-15(24)10-16(22-19(18)20-12-21-22)27-11-13-6-4-3-5-7-13/h3-7,10,12H,2,8-9,11H2,1H3,(H,20,21). The molecule has 3 rings (SSSR count). The number of aromatic amines is 1. The first kappa shape index (κ1) is 18.4. The SMILES string of the molecule is CCOC(=O)CCC(=O)c1c(=O)cc(OCc2ccccc2)n2[nH]cnc12. The van der Waals surface area contributed by atoms with Gasteiger partial charge in [-0.2, -0.15) is 0 Å². The molecule has 0 aliphatic heterocycles. The van der Waals surface area contributed by atoms with E-state index < -0.39 is 17.2 Å². The van der Waals surface area contributed by atoms with Crippen LogP contribution in [-0.2, 0) is 16.1 Å². The van der Waals surface area contributed by atoms with Crippen molar-refractivity contribution in [2.45, 2.75) is 26.4 Å². The quantitative estimate of drug-likeness (QED) is 0.482. The monoisotopic (exact) mass is 369 g/mol. The molecule has 2 aromatic heterocycles. The van der Waals surface area contributed by atoms with E-state index in [0.717, 1.165) is 5.56 Å². The number of H-pyrrole nitrogens is 1. The van der Waals surface area contributed by atoms with Gasteiger partial charge in [-0.25, -0.2) is 9.50 Å². The van der Waals surface area contributed by atoms with E-state index in [1.165, 1.54) is 16.9 Å². The molecule has 0 radical (unpaired) electrons. The van der Waals surface area contributed by atoms with Gasteiger partial charge in [0.25, 0.3) is 0 Å². The Morgan fingerprint density at radius 2 is 1.96 bits per heavy atom. The number of carbonyl (C=O) groups is 2. The van der Waals surface area contributed by atoms with Crippen LogP contribution >= 0.6 is 0 Å². The molecule has 1 aromatic carbocycles. The normalized spacial score (nSPS) is 10.7.